The van der Waals surface area contributed by atoms with Gasteiger partial charge in [0.25, 0.3) is 10.0 Å². The standard InChI is InChI=1S/C12H8BrClN4O2S/c13-8-3-11(12(16)17-6-8)21(19,20)18-9-2-1-7(5-15)10(14)4-9/h1-4,6,18H,(H2,16,17). The van der Waals surface area contributed by atoms with Crippen LogP contribution in [0.1, 0.15) is 5.56 Å². The largest absolute Gasteiger partial charge is 0.383 e. The number of nitrogens with two attached hydrogens (primary N) is 1. The Labute approximate surface area is 134 Å². The van der Waals surface area contributed by atoms with Crippen molar-refractivity contribution in [1.29, 1.82) is 5.26 Å². The number of benzene rings is 1. The molecule has 0 amide bonds. The van der Waals surface area contributed by atoms with Crippen molar-refractivity contribution >= 4 is 49.1 Å². The zero-order valence-electron chi connectivity index (χ0n) is 10.3. The van der Waals surface area contributed by atoms with E-state index in [1.54, 1.807) is 0 Å². The topological polar surface area (TPSA) is 109 Å². The zero-order chi connectivity index (χ0) is 15.6. The zero-order valence-corrected chi connectivity index (χ0v) is 13.5. The Hall–Kier alpha value is -1.82. The maximum atomic E-state index is 12.3. The van der Waals surface area contributed by atoms with Gasteiger partial charge in [-0.25, -0.2) is 13.4 Å². The lowest BCUT2D eigenvalue weighted by molar-refractivity contribution is 0.601. The number of pyridine rings is 1. The summed E-state index contributed by atoms with van der Waals surface area (Å²) in [6.45, 7) is 0. The van der Waals surface area contributed by atoms with Crippen LogP contribution in [-0.2, 0) is 10.0 Å². The lowest BCUT2D eigenvalue weighted by atomic mass is 10.2. The van der Waals surface area contributed by atoms with Crippen LogP contribution in [0.25, 0.3) is 0 Å². The highest BCUT2D eigenvalue weighted by Gasteiger charge is 2.19. The number of nitrogen functional groups attached to an aromatic ring is 1. The summed E-state index contributed by atoms with van der Waals surface area (Å²) in [5.74, 6) is -0.120. The molecule has 21 heavy (non-hydrogen) atoms. The predicted octanol–water partition coefficient (Wildman–Crippen LogP) is 2.75. The molecule has 108 valence electrons. The molecule has 2 rings (SSSR count). The van der Waals surface area contributed by atoms with Crippen LogP contribution in [0.5, 0.6) is 0 Å². The van der Waals surface area contributed by atoms with E-state index in [2.05, 4.69) is 25.6 Å². The first-order valence-corrected chi connectivity index (χ1v) is 8.12. The molecule has 0 aliphatic heterocycles. The molecule has 0 aliphatic rings. The summed E-state index contributed by atoms with van der Waals surface area (Å²) in [7, 11) is -3.91. The molecule has 0 saturated carbocycles. The van der Waals surface area contributed by atoms with Gasteiger partial charge in [-0.3, -0.25) is 4.72 Å². The van der Waals surface area contributed by atoms with Crippen molar-refractivity contribution in [3.8, 4) is 6.07 Å². The van der Waals surface area contributed by atoms with Gasteiger partial charge in [-0.1, -0.05) is 11.6 Å². The highest BCUT2D eigenvalue weighted by atomic mass is 79.9. The molecule has 2 aromatic rings. The van der Waals surface area contributed by atoms with E-state index in [9.17, 15) is 8.42 Å². The van der Waals surface area contributed by atoms with Crippen molar-refractivity contribution in [2.24, 2.45) is 0 Å². The van der Waals surface area contributed by atoms with Gasteiger partial charge in [-0.15, -0.1) is 0 Å². The monoisotopic (exact) mass is 386 g/mol. The fourth-order valence-corrected chi connectivity index (χ4v) is 3.39. The molecule has 1 heterocycles. The number of halogens is 2. The van der Waals surface area contributed by atoms with Crippen LogP contribution in [-0.4, -0.2) is 13.4 Å². The summed E-state index contributed by atoms with van der Waals surface area (Å²) in [5, 5.41) is 8.93. The Morgan fingerprint density at radius 1 is 1.38 bits per heavy atom. The third-order valence-corrected chi connectivity index (χ3v) is 4.64. The molecular formula is C12H8BrClN4O2S. The number of nitriles is 1. The van der Waals surface area contributed by atoms with Gasteiger partial charge in [0.1, 0.15) is 16.8 Å². The van der Waals surface area contributed by atoms with Crippen LogP contribution in [0, 0.1) is 11.3 Å². The summed E-state index contributed by atoms with van der Waals surface area (Å²) >= 11 is 9.00. The SMILES string of the molecule is N#Cc1ccc(NS(=O)(=O)c2cc(Br)cnc2N)cc1Cl. The summed E-state index contributed by atoms with van der Waals surface area (Å²) in [5.41, 5.74) is 6.06. The number of aromatic nitrogens is 1. The van der Waals surface area contributed by atoms with Gasteiger partial charge in [0.2, 0.25) is 0 Å². The Morgan fingerprint density at radius 2 is 2.10 bits per heavy atom. The molecule has 0 atom stereocenters. The molecule has 9 heteroatoms. The quantitative estimate of drug-likeness (QED) is 0.841. The Balaban J connectivity index is 2.40. The second-order valence-electron chi connectivity index (χ2n) is 3.95. The number of rotatable bonds is 3. The van der Waals surface area contributed by atoms with Crippen molar-refractivity contribution in [3.63, 3.8) is 0 Å². The van der Waals surface area contributed by atoms with Gasteiger partial charge in [0.15, 0.2) is 0 Å². The summed E-state index contributed by atoms with van der Waals surface area (Å²) in [4.78, 5) is 3.62. The van der Waals surface area contributed by atoms with E-state index in [1.165, 1.54) is 30.5 Å². The van der Waals surface area contributed by atoms with Crippen LogP contribution < -0.4 is 10.5 Å². The van der Waals surface area contributed by atoms with E-state index < -0.39 is 10.0 Å². The van der Waals surface area contributed by atoms with E-state index >= 15 is 0 Å². The van der Waals surface area contributed by atoms with Gasteiger partial charge in [-0.05, 0) is 40.2 Å². The fourth-order valence-electron chi connectivity index (χ4n) is 1.53. The average molecular weight is 388 g/mol. The van der Waals surface area contributed by atoms with E-state index in [-0.39, 0.29) is 27.0 Å². The smallest absolute Gasteiger partial charge is 0.265 e. The van der Waals surface area contributed by atoms with Gasteiger partial charge in [-0.2, -0.15) is 5.26 Å². The van der Waals surface area contributed by atoms with Crippen molar-refractivity contribution in [3.05, 3.63) is 45.5 Å². The van der Waals surface area contributed by atoms with Crippen LogP contribution in [0.15, 0.2) is 39.8 Å². The van der Waals surface area contributed by atoms with Crippen LogP contribution in [0.2, 0.25) is 5.02 Å². The highest BCUT2D eigenvalue weighted by Crippen LogP contribution is 2.25. The Kier molecular flexibility index (Phi) is 4.37. The molecule has 3 N–H and O–H groups in total. The van der Waals surface area contributed by atoms with E-state index in [0.29, 0.717) is 4.47 Å². The second-order valence-corrected chi connectivity index (χ2v) is 6.92. The van der Waals surface area contributed by atoms with Crippen LogP contribution >= 0.6 is 27.5 Å². The number of nitrogens with zero attached hydrogens (tertiary/aromatic N) is 2. The lowest BCUT2D eigenvalue weighted by Gasteiger charge is -2.10. The predicted molar refractivity (Wildman–Crippen MR) is 83.3 cm³/mol. The van der Waals surface area contributed by atoms with Gasteiger partial charge in [0.05, 0.1) is 16.3 Å². The molecule has 0 unspecified atom stereocenters. The molecule has 0 radical (unpaired) electrons. The summed E-state index contributed by atoms with van der Waals surface area (Å²) in [6.07, 6.45) is 1.40. The second kappa shape index (κ2) is 5.89. The van der Waals surface area contributed by atoms with E-state index in [1.807, 2.05) is 6.07 Å². The highest BCUT2D eigenvalue weighted by molar-refractivity contribution is 9.10. The molecule has 1 aromatic heterocycles. The van der Waals surface area contributed by atoms with Crippen molar-refractivity contribution in [1.82, 2.24) is 4.98 Å². The number of sulfonamides is 1. The molecule has 0 saturated heterocycles. The van der Waals surface area contributed by atoms with Gasteiger partial charge >= 0.3 is 0 Å². The summed E-state index contributed by atoms with van der Waals surface area (Å²) in [6, 6.07) is 7.43. The first kappa shape index (κ1) is 15.6. The number of hydrogen-bond acceptors (Lipinski definition) is 5. The molecule has 6 nitrogen and oxygen atoms in total. The van der Waals surface area contributed by atoms with Gasteiger partial charge in [0, 0.05) is 10.7 Å². The Bertz CT molecular complexity index is 849. The maximum absolute atomic E-state index is 12.3. The van der Waals surface area contributed by atoms with Crippen molar-refractivity contribution < 1.29 is 8.42 Å². The first-order valence-electron chi connectivity index (χ1n) is 5.47. The average Bonchev–Trinajstić information content (AvgIpc) is 2.41. The molecular weight excluding hydrogens is 380 g/mol. The van der Waals surface area contributed by atoms with E-state index in [0.717, 1.165) is 0 Å². The third-order valence-electron chi connectivity index (χ3n) is 2.48. The molecule has 0 bridgehead atoms. The third kappa shape index (κ3) is 3.44. The minimum atomic E-state index is -3.91. The van der Waals surface area contributed by atoms with Gasteiger partial charge < -0.3 is 5.73 Å². The fraction of sp³-hybridized carbons (Fsp3) is 0. The number of anilines is 2. The van der Waals surface area contributed by atoms with E-state index in [4.69, 9.17) is 22.6 Å². The molecule has 0 aliphatic carbocycles. The first-order chi connectivity index (χ1) is 9.83. The minimum absolute atomic E-state index is 0.120. The molecule has 0 fully saturated rings. The number of hydrogen-bond donors (Lipinski definition) is 2. The normalized spacial score (nSPS) is 10.9. The summed E-state index contributed by atoms with van der Waals surface area (Å²) < 4.78 is 27.4. The Morgan fingerprint density at radius 3 is 2.71 bits per heavy atom. The lowest BCUT2D eigenvalue weighted by Crippen LogP contribution is -2.15. The van der Waals surface area contributed by atoms with Crippen LogP contribution in [0.3, 0.4) is 0 Å². The molecule has 0 spiro atoms. The number of nitrogens with one attached hydrogen (secondary N) is 1. The van der Waals surface area contributed by atoms with Crippen molar-refractivity contribution in [2.75, 3.05) is 10.5 Å². The van der Waals surface area contributed by atoms with Crippen LogP contribution in [0.4, 0.5) is 11.5 Å². The van der Waals surface area contributed by atoms with Crippen molar-refractivity contribution in [2.45, 2.75) is 4.90 Å². The maximum Gasteiger partial charge on any atom is 0.265 e. The molecule has 1 aromatic carbocycles. The minimum Gasteiger partial charge on any atom is -0.383 e.